The summed E-state index contributed by atoms with van der Waals surface area (Å²) in [4.78, 5) is 4.46. The first-order valence-corrected chi connectivity index (χ1v) is 9.04. The summed E-state index contributed by atoms with van der Waals surface area (Å²) in [6.45, 7) is 1.24. The Balaban J connectivity index is 1.31. The molecule has 27 heavy (non-hydrogen) atoms. The van der Waals surface area contributed by atoms with Crippen molar-refractivity contribution in [3.05, 3.63) is 83.9 Å². The Morgan fingerprint density at radius 1 is 1.04 bits per heavy atom. The van der Waals surface area contributed by atoms with Crippen LogP contribution < -0.4 is 10.1 Å². The highest BCUT2D eigenvalue weighted by Gasteiger charge is 2.26. The van der Waals surface area contributed by atoms with E-state index in [9.17, 15) is 9.50 Å². The summed E-state index contributed by atoms with van der Waals surface area (Å²) in [5.74, 6) is 0.509. The topological polar surface area (TPSA) is 54.4 Å². The second-order valence-electron chi connectivity index (χ2n) is 6.71. The smallest absolute Gasteiger partial charge is 0.125 e. The van der Waals surface area contributed by atoms with Crippen LogP contribution in [0.15, 0.2) is 66.9 Å². The van der Waals surface area contributed by atoms with Crippen LogP contribution in [0, 0.1) is 5.82 Å². The van der Waals surface area contributed by atoms with Gasteiger partial charge in [0.1, 0.15) is 17.7 Å². The molecule has 0 saturated heterocycles. The predicted octanol–water partition coefficient (Wildman–Crippen LogP) is 3.86. The molecule has 0 unspecified atom stereocenters. The van der Waals surface area contributed by atoms with Gasteiger partial charge in [-0.15, -0.1) is 0 Å². The Morgan fingerprint density at radius 2 is 1.81 bits per heavy atom. The zero-order chi connectivity index (χ0) is 18.6. The molecule has 138 valence electrons. The van der Waals surface area contributed by atoms with Crippen LogP contribution in [0.25, 0.3) is 11.1 Å². The Labute approximate surface area is 157 Å². The van der Waals surface area contributed by atoms with Crippen molar-refractivity contribution < 1.29 is 14.2 Å². The summed E-state index contributed by atoms with van der Waals surface area (Å²) in [6.07, 6.45) is 1.80. The molecule has 5 heteroatoms. The van der Waals surface area contributed by atoms with Gasteiger partial charge in [0.2, 0.25) is 0 Å². The molecule has 0 spiro atoms. The van der Waals surface area contributed by atoms with E-state index in [1.807, 2.05) is 36.4 Å². The lowest BCUT2D eigenvalue weighted by Crippen LogP contribution is -2.35. The number of aliphatic hydroxyl groups is 1. The summed E-state index contributed by atoms with van der Waals surface area (Å²) < 4.78 is 19.0. The minimum atomic E-state index is -0.491. The fraction of sp³-hybridized carbons (Fsp3) is 0.227. The summed E-state index contributed by atoms with van der Waals surface area (Å²) in [5, 5.41) is 13.6. The van der Waals surface area contributed by atoms with Crippen molar-refractivity contribution in [3.8, 4) is 16.9 Å². The van der Waals surface area contributed by atoms with E-state index in [0.29, 0.717) is 19.5 Å². The van der Waals surface area contributed by atoms with E-state index in [-0.39, 0.29) is 11.9 Å². The van der Waals surface area contributed by atoms with Gasteiger partial charge in [0.25, 0.3) is 0 Å². The maximum absolute atomic E-state index is 13.0. The molecule has 2 atom stereocenters. The molecule has 4 nitrogen and oxygen atoms in total. The predicted molar refractivity (Wildman–Crippen MR) is 102 cm³/mol. The van der Waals surface area contributed by atoms with Crippen molar-refractivity contribution >= 4 is 0 Å². The SMILES string of the molecule is O[C@H]1C[C@H](CNCc2ccc(-c3ccc(F)cc3)cn2)Oc2ccccc21. The summed E-state index contributed by atoms with van der Waals surface area (Å²) >= 11 is 0. The van der Waals surface area contributed by atoms with Crippen LogP contribution >= 0.6 is 0 Å². The number of para-hydroxylation sites is 1. The Hall–Kier alpha value is -2.76. The minimum Gasteiger partial charge on any atom is -0.489 e. The van der Waals surface area contributed by atoms with E-state index in [1.54, 1.807) is 18.3 Å². The maximum Gasteiger partial charge on any atom is 0.125 e. The molecule has 2 heterocycles. The highest BCUT2D eigenvalue weighted by Crippen LogP contribution is 2.34. The molecule has 2 N–H and O–H groups in total. The van der Waals surface area contributed by atoms with Crippen molar-refractivity contribution in [2.75, 3.05) is 6.54 Å². The number of pyridine rings is 1. The quantitative estimate of drug-likeness (QED) is 0.722. The molecule has 1 aromatic heterocycles. The van der Waals surface area contributed by atoms with Crippen molar-refractivity contribution in [1.29, 1.82) is 0 Å². The number of benzene rings is 2. The van der Waals surface area contributed by atoms with E-state index < -0.39 is 6.10 Å². The van der Waals surface area contributed by atoms with Gasteiger partial charge in [-0.05, 0) is 29.8 Å². The molecule has 0 amide bonds. The minimum absolute atomic E-state index is 0.0756. The lowest BCUT2D eigenvalue weighted by Gasteiger charge is -2.29. The molecule has 1 aliphatic rings. The number of aliphatic hydroxyl groups excluding tert-OH is 1. The average molecular weight is 364 g/mol. The van der Waals surface area contributed by atoms with Crippen molar-refractivity contribution in [2.45, 2.75) is 25.2 Å². The van der Waals surface area contributed by atoms with Crippen molar-refractivity contribution in [1.82, 2.24) is 10.3 Å². The van der Waals surface area contributed by atoms with Crippen molar-refractivity contribution in [2.24, 2.45) is 0 Å². The molecule has 2 aromatic carbocycles. The van der Waals surface area contributed by atoms with Gasteiger partial charge in [0.05, 0.1) is 11.8 Å². The zero-order valence-electron chi connectivity index (χ0n) is 14.8. The number of aromatic nitrogens is 1. The third kappa shape index (κ3) is 4.15. The van der Waals surface area contributed by atoms with Gasteiger partial charge in [0, 0.05) is 36.8 Å². The fourth-order valence-corrected chi connectivity index (χ4v) is 3.30. The fourth-order valence-electron chi connectivity index (χ4n) is 3.30. The first-order valence-electron chi connectivity index (χ1n) is 9.04. The van der Waals surface area contributed by atoms with Crippen LogP contribution in [0.4, 0.5) is 4.39 Å². The zero-order valence-corrected chi connectivity index (χ0v) is 14.8. The lowest BCUT2D eigenvalue weighted by molar-refractivity contribution is 0.0657. The van der Waals surface area contributed by atoms with Crippen LogP contribution in [0.1, 0.15) is 23.8 Å². The Morgan fingerprint density at radius 3 is 2.59 bits per heavy atom. The highest BCUT2D eigenvalue weighted by molar-refractivity contribution is 5.62. The molecule has 0 bridgehead atoms. The van der Waals surface area contributed by atoms with Gasteiger partial charge in [-0.1, -0.05) is 36.4 Å². The molecule has 0 radical (unpaired) electrons. The molecular formula is C22H21FN2O2. The summed E-state index contributed by atoms with van der Waals surface area (Å²) in [7, 11) is 0. The van der Waals surface area contributed by atoms with Gasteiger partial charge < -0.3 is 15.2 Å². The van der Waals surface area contributed by atoms with E-state index in [1.165, 1.54) is 12.1 Å². The van der Waals surface area contributed by atoms with Gasteiger partial charge >= 0.3 is 0 Å². The molecule has 3 aromatic rings. The molecule has 0 aliphatic carbocycles. The molecule has 0 saturated carbocycles. The molecule has 0 fully saturated rings. The van der Waals surface area contributed by atoms with Crippen molar-refractivity contribution in [3.63, 3.8) is 0 Å². The normalized spacial score (nSPS) is 18.6. The van der Waals surface area contributed by atoms with Crippen LogP contribution in [0.2, 0.25) is 0 Å². The summed E-state index contributed by atoms with van der Waals surface area (Å²) in [6, 6.07) is 17.9. The van der Waals surface area contributed by atoms with Crippen LogP contribution in [-0.4, -0.2) is 22.7 Å². The first kappa shape index (κ1) is 17.6. The lowest BCUT2D eigenvalue weighted by atomic mass is 9.99. The van der Waals surface area contributed by atoms with E-state index in [4.69, 9.17) is 4.74 Å². The molecule has 1 aliphatic heterocycles. The second kappa shape index (κ2) is 7.86. The monoisotopic (exact) mass is 364 g/mol. The Kier molecular flexibility index (Phi) is 5.14. The van der Waals surface area contributed by atoms with E-state index >= 15 is 0 Å². The van der Waals surface area contributed by atoms with Gasteiger partial charge in [0.15, 0.2) is 0 Å². The number of nitrogens with one attached hydrogen (secondary N) is 1. The largest absolute Gasteiger partial charge is 0.489 e. The first-order chi connectivity index (χ1) is 13.2. The van der Waals surface area contributed by atoms with Crippen LogP contribution in [-0.2, 0) is 6.54 Å². The number of hydrogen-bond donors (Lipinski definition) is 2. The number of hydrogen-bond acceptors (Lipinski definition) is 4. The van der Waals surface area contributed by atoms with Gasteiger partial charge in [-0.3, -0.25) is 4.98 Å². The number of ether oxygens (including phenoxy) is 1. The van der Waals surface area contributed by atoms with Crippen LogP contribution in [0.3, 0.4) is 0 Å². The molecular weight excluding hydrogens is 343 g/mol. The second-order valence-corrected chi connectivity index (χ2v) is 6.71. The average Bonchev–Trinajstić information content (AvgIpc) is 2.69. The van der Waals surface area contributed by atoms with Crippen LogP contribution in [0.5, 0.6) is 5.75 Å². The maximum atomic E-state index is 13.0. The van der Waals surface area contributed by atoms with Gasteiger partial charge in [-0.25, -0.2) is 4.39 Å². The summed E-state index contributed by atoms with van der Waals surface area (Å²) in [5.41, 5.74) is 3.66. The highest BCUT2D eigenvalue weighted by atomic mass is 19.1. The molecule has 4 rings (SSSR count). The van der Waals surface area contributed by atoms with E-state index in [0.717, 1.165) is 28.1 Å². The van der Waals surface area contributed by atoms with Gasteiger partial charge in [-0.2, -0.15) is 0 Å². The number of nitrogens with zero attached hydrogens (tertiary/aromatic N) is 1. The standard InChI is InChI=1S/C22H21FN2O2/c23-17-8-5-15(6-9-17)16-7-10-18(25-12-16)13-24-14-19-11-21(26)20-3-1-2-4-22(20)27-19/h1-10,12,19,21,24,26H,11,13-14H2/t19-,21+/m1/s1. The third-order valence-corrected chi connectivity index (χ3v) is 4.74. The number of halogens is 1. The Bertz CT molecular complexity index is 897. The number of fused-ring (bicyclic) bond motifs is 1. The third-order valence-electron chi connectivity index (χ3n) is 4.74. The number of rotatable bonds is 5. The van der Waals surface area contributed by atoms with E-state index in [2.05, 4.69) is 10.3 Å².